The summed E-state index contributed by atoms with van der Waals surface area (Å²) < 4.78 is 5.31. The van der Waals surface area contributed by atoms with Crippen molar-refractivity contribution in [3.05, 3.63) is 63.0 Å². The van der Waals surface area contributed by atoms with Crippen molar-refractivity contribution in [2.75, 3.05) is 6.54 Å². The second kappa shape index (κ2) is 6.32. The second-order valence-electron chi connectivity index (χ2n) is 6.84. The highest BCUT2D eigenvalue weighted by molar-refractivity contribution is 6.31. The van der Waals surface area contributed by atoms with Gasteiger partial charge < -0.3 is 4.42 Å². The number of amides is 2. The highest BCUT2D eigenvalue weighted by Gasteiger charge is 2.36. The van der Waals surface area contributed by atoms with Crippen LogP contribution in [-0.2, 0) is 0 Å². The Balaban J connectivity index is 1.81. The first-order valence-electron chi connectivity index (χ1n) is 8.46. The zero-order valence-electron chi connectivity index (χ0n) is 14.7. The van der Waals surface area contributed by atoms with Crippen molar-refractivity contribution in [3.8, 4) is 11.5 Å². The largest absolute Gasteiger partial charge is 0.403 e. The van der Waals surface area contributed by atoms with Gasteiger partial charge in [0.25, 0.3) is 11.8 Å². The summed E-state index contributed by atoms with van der Waals surface area (Å²) in [5.41, 5.74) is 0.929. The van der Waals surface area contributed by atoms with E-state index in [-0.39, 0.29) is 29.2 Å². The van der Waals surface area contributed by atoms with Crippen LogP contribution in [0.1, 0.15) is 34.6 Å². The molecule has 0 fully saturated rings. The maximum atomic E-state index is 12.6. The zero-order valence-corrected chi connectivity index (χ0v) is 15.4. The topological polar surface area (TPSA) is 80.5 Å². The van der Waals surface area contributed by atoms with Crippen molar-refractivity contribution in [1.29, 1.82) is 0 Å². The number of benzene rings is 2. The molecule has 0 spiro atoms. The maximum absolute atomic E-state index is 12.6. The zero-order chi connectivity index (χ0) is 19.3. The molecule has 2 aromatic carbocycles. The minimum Gasteiger partial charge on any atom is -0.403 e. The van der Waals surface area contributed by atoms with E-state index >= 15 is 0 Å². The average molecular weight is 383 g/mol. The van der Waals surface area contributed by atoms with Gasteiger partial charge in [0.1, 0.15) is 0 Å². The fourth-order valence-electron chi connectivity index (χ4n) is 3.12. The molecule has 0 atom stereocenters. The molecular weight excluding hydrogens is 368 g/mol. The van der Waals surface area contributed by atoms with Crippen molar-refractivity contribution in [2.45, 2.75) is 13.8 Å². The molecule has 2 amide bonds. The van der Waals surface area contributed by atoms with Gasteiger partial charge in [-0.1, -0.05) is 25.4 Å². The van der Waals surface area contributed by atoms with E-state index < -0.39 is 5.63 Å². The van der Waals surface area contributed by atoms with E-state index in [2.05, 4.69) is 4.98 Å². The Morgan fingerprint density at radius 2 is 1.78 bits per heavy atom. The van der Waals surface area contributed by atoms with Crippen LogP contribution in [0, 0.1) is 5.92 Å². The van der Waals surface area contributed by atoms with Gasteiger partial charge in [0, 0.05) is 17.1 Å². The van der Waals surface area contributed by atoms with Crippen LogP contribution in [0.4, 0.5) is 0 Å². The third-order valence-electron chi connectivity index (χ3n) is 4.36. The van der Waals surface area contributed by atoms with Gasteiger partial charge in [-0.05, 0) is 42.3 Å². The molecule has 0 saturated carbocycles. The quantitative estimate of drug-likeness (QED) is 0.644. The molecule has 2 heterocycles. The van der Waals surface area contributed by atoms with Gasteiger partial charge in [-0.25, -0.2) is 9.78 Å². The Hall–Kier alpha value is -2.99. The summed E-state index contributed by atoms with van der Waals surface area (Å²) in [6, 6.07) is 9.43. The first kappa shape index (κ1) is 17.4. The number of fused-ring (bicyclic) bond motifs is 2. The van der Waals surface area contributed by atoms with Gasteiger partial charge in [-0.2, -0.15) is 0 Å². The number of imide groups is 1. The number of hydrogen-bond donors (Lipinski definition) is 0. The first-order chi connectivity index (χ1) is 12.8. The van der Waals surface area contributed by atoms with Crippen LogP contribution in [0.5, 0.6) is 0 Å². The summed E-state index contributed by atoms with van der Waals surface area (Å²) in [6.45, 7) is 4.23. The number of carbonyl (C=O) groups excluding carboxylic acids is 2. The van der Waals surface area contributed by atoms with Crippen LogP contribution in [0.3, 0.4) is 0 Å². The molecule has 6 nitrogen and oxygen atoms in total. The number of carbonyl (C=O) groups is 2. The van der Waals surface area contributed by atoms with Crippen LogP contribution < -0.4 is 5.63 Å². The van der Waals surface area contributed by atoms with Crippen LogP contribution in [0.2, 0.25) is 5.02 Å². The molecule has 1 aliphatic heterocycles. The van der Waals surface area contributed by atoms with E-state index in [1.165, 1.54) is 11.0 Å². The lowest BCUT2D eigenvalue weighted by Gasteiger charge is -2.15. The van der Waals surface area contributed by atoms with Crippen molar-refractivity contribution in [3.63, 3.8) is 0 Å². The summed E-state index contributed by atoms with van der Waals surface area (Å²) in [6.07, 6.45) is 0. The first-order valence-corrected chi connectivity index (χ1v) is 8.84. The molecule has 27 heavy (non-hydrogen) atoms. The van der Waals surface area contributed by atoms with E-state index in [0.29, 0.717) is 33.6 Å². The van der Waals surface area contributed by atoms with Gasteiger partial charge in [0.15, 0.2) is 0 Å². The Morgan fingerprint density at radius 1 is 1.04 bits per heavy atom. The Morgan fingerprint density at radius 3 is 2.52 bits per heavy atom. The molecule has 0 aliphatic carbocycles. The Labute approximate surface area is 159 Å². The monoisotopic (exact) mass is 382 g/mol. The molecule has 0 unspecified atom stereocenters. The maximum Gasteiger partial charge on any atom is 0.347 e. The molecule has 0 radical (unpaired) electrons. The van der Waals surface area contributed by atoms with E-state index in [9.17, 15) is 14.4 Å². The van der Waals surface area contributed by atoms with Crippen LogP contribution in [0.15, 0.2) is 45.6 Å². The molecule has 1 aromatic heterocycles. The molecular formula is C20H15ClN2O4. The van der Waals surface area contributed by atoms with Gasteiger partial charge in [-0.3, -0.25) is 14.5 Å². The van der Waals surface area contributed by atoms with Crippen molar-refractivity contribution in [1.82, 2.24) is 9.88 Å². The lowest BCUT2D eigenvalue weighted by Crippen LogP contribution is -2.33. The van der Waals surface area contributed by atoms with Crippen LogP contribution in [0.25, 0.3) is 22.4 Å². The molecule has 4 rings (SSSR count). The van der Waals surface area contributed by atoms with Gasteiger partial charge in [-0.15, -0.1) is 0 Å². The highest BCUT2D eigenvalue weighted by Crippen LogP contribution is 2.29. The molecule has 136 valence electrons. The predicted molar refractivity (Wildman–Crippen MR) is 101 cm³/mol. The minimum atomic E-state index is -0.545. The Bertz CT molecular complexity index is 1170. The predicted octanol–water partition coefficient (Wildman–Crippen LogP) is 3.76. The van der Waals surface area contributed by atoms with E-state index in [1.54, 1.807) is 30.3 Å². The lowest BCUT2D eigenvalue weighted by molar-refractivity contribution is 0.0636. The van der Waals surface area contributed by atoms with E-state index in [1.807, 2.05) is 13.8 Å². The molecule has 7 heteroatoms. The van der Waals surface area contributed by atoms with Gasteiger partial charge >= 0.3 is 5.63 Å². The third-order valence-corrected chi connectivity index (χ3v) is 4.59. The molecule has 0 bridgehead atoms. The second-order valence-corrected chi connectivity index (χ2v) is 7.28. The molecule has 0 saturated heterocycles. The van der Waals surface area contributed by atoms with Gasteiger partial charge in [0.2, 0.25) is 5.89 Å². The van der Waals surface area contributed by atoms with Gasteiger partial charge in [0.05, 0.1) is 22.0 Å². The van der Waals surface area contributed by atoms with Crippen molar-refractivity contribution < 1.29 is 14.0 Å². The standard InChI is InChI=1S/C20H15ClN2O4/c1-10(2)9-23-18(24)13-5-3-11(7-15(13)19(23)25)17-22-16-8-12(21)4-6-14(16)20(26)27-17/h3-8,10H,9H2,1-2H3. The SMILES string of the molecule is CC(C)CN1C(=O)c2ccc(-c3nc4cc(Cl)ccc4c(=O)o3)cc2C1=O. The molecule has 1 aliphatic rings. The summed E-state index contributed by atoms with van der Waals surface area (Å²) >= 11 is 5.98. The number of nitrogens with zero attached hydrogens (tertiary/aromatic N) is 2. The highest BCUT2D eigenvalue weighted by atomic mass is 35.5. The summed E-state index contributed by atoms with van der Waals surface area (Å²) in [7, 11) is 0. The lowest BCUT2D eigenvalue weighted by atomic mass is 10.1. The summed E-state index contributed by atoms with van der Waals surface area (Å²) in [5, 5.41) is 0.768. The number of halogens is 1. The fourth-order valence-corrected chi connectivity index (χ4v) is 3.29. The number of rotatable bonds is 3. The van der Waals surface area contributed by atoms with E-state index in [4.69, 9.17) is 16.0 Å². The Kier molecular flexibility index (Phi) is 4.08. The average Bonchev–Trinajstić information content (AvgIpc) is 2.85. The van der Waals surface area contributed by atoms with E-state index in [0.717, 1.165) is 0 Å². The molecule has 0 N–H and O–H groups in total. The summed E-state index contributed by atoms with van der Waals surface area (Å²) in [5.74, 6) is -0.427. The minimum absolute atomic E-state index is 0.0696. The normalized spacial score (nSPS) is 13.7. The van der Waals surface area contributed by atoms with Crippen LogP contribution in [-0.4, -0.2) is 28.2 Å². The number of hydrogen-bond acceptors (Lipinski definition) is 5. The fraction of sp³-hybridized carbons (Fsp3) is 0.200. The van der Waals surface area contributed by atoms with Crippen LogP contribution >= 0.6 is 11.6 Å². The smallest absolute Gasteiger partial charge is 0.347 e. The molecule has 3 aromatic rings. The summed E-state index contributed by atoms with van der Waals surface area (Å²) in [4.78, 5) is 42.9. The van der Waals surface area contributed by atoms with Crippen molar-refractivity contribution in [2.24, 2.45) is 5.92 Å². The third kappa shape index (κ3) is 2.92. The van der Waals surface area contributed by atoms with Crippen molar-refractivity contribution >= 4 is 34.3 Å². The number of aromatic nitrogens is 1.